The fraction of sp³-hybridized carbons (Fsp3) is 0. The molecule has 0 aliphatic carbocycles. The van der Waals surface area contributed by atoms with Gasteiger partial charge >= 0.3 is 0 Å². The van der Waals surface area contributed by atoms with Crippen LogP contribution in [0, 0.1) is 0 Å². The van der Waals surface area contributed by atoms with Gasteiger partial charge in [-0.1, -0.05) is 218 Å². The first kappa shape index (κ1) is 36.8. The summed E-state index contributed by atoms with van der Waals surface area (Å²) >= 11 is 0. The Labute approximate surface area is 374 Å². The summed E-state index contributed by atoms with van der Waals surface area (Å²) in [6, 6.07) is 96.5. The van der Waals surface area contributed by atoms with Gasteiger partial charge in [-0.3, -0.25) is 0 Å². The molecular weight excluding hydrogens is 805 g/mol. The van der Waals surface area contributed by atoms with Gasteiger partial charge < -0.3 is 9.13 Å². The van der Waals surface area contributed by atoms with Crippen LogP contribution in [0.2, 0.25) is 0 Å². The molecule has 12 aromatic rings. The molecule has 0 bridgehead atoms. The lowest BCUT2D eigenvalue weighted by Crippen LogP contribution is -2.79. The lowest BCUT2D eigenvalue weighted by atomic mass is 10.1. The Morgan fingerprint density at radius 3 is 1.41 bits per heavy atom. The zero-order valence-electron chi connectivity index (χ0n) is 35.1. The van der Waals surface area contributed by atoms with Crippen molar-refractivity contribution >= 4 is 101 Å². The topological polar surface area (TPSA) is 9.86 Å². The summed E-state index contributed by atoms with van der Waals surface area (Å²) in [6.07, 6.45) is 0. The molecular formula is C60H42N2Si2. The van der Waals surface area contributed by atoms with Gasteiger partial charge in [0.05, 0.1) is 22.1 Å². The molecule has 1 unspecified atom stereocenters. The summed E-state index contributed by atoms with van der Waals surface area (Å²) in [5, 5.41) is 16.3. The largest absolute Gasteiger partial charge is 0.309 e. The molecule has 1 atom stereocenters. The monoisotopic (exact) mass is 846 g/mol. The number of rotatable bonds is 7. The molecule has 1 aliphatic heterocycles. The molecule has 4 heteroatoms. The zero-order chi connectivity index (χ0) is 42.2. The van der Waals surface area contributed by atoms with E-state index in [0.29, 0.717) is 0 Å². The van der Waals surface area contributed by atoms with Gasteiger partial charge in [0.15, 0.2) is 16.1 Å². The summed E-state index contributed by atoms with van der Waals surface area (Å²) in [7, 11) is -5.86. The Hall–Kier alpha value is -7.77. The summed E-state index contributed by atoms with van der Waals surface area (Å²) in [5.74, 6) is 0. The summed E-state index contributed by atoms with van der Waals surface area (Å²) in [5.41, 5.74) is 7.42. The molecule has 64 heavy (non-hydrogen) atoms. The van der Waals surface area contributed by atoms with Crippen molar-refractivity contribution in [1.29, 1.82) is 0 Å². The second-order valence-corrected chi connectivity index (χ2v) is 24.7. The van der Waals surface area contributed by atoms with Crippen LogP contribution >= 0.6 is 0 Å². The van der Waals surface area contributed by atoms with Gasteiger partial charge in [0.1, 0.15) is 0 Å². The Balaban J connectivity index is 1.13. The number of para-hydroxylation sites is 4. The van der Waals surface area contributed by atoms with Crippen LogP contribution in [0.15, 0.2) is 255 Å². The maximum absolute atomic E-state index is 3.03. The van der Waals surface area contributed by atoms with Crippen molar-refractivity contribution in [2.24, 2.45) is 0 Å². The van der Waals surface area contributed by atoms with E-state index in [1.165, 1.54) is 96.5 Å². The van der Waals surface area contributed by atoms with Crippen LogP contribution in [-0.4, -0.2) is 25.3 Å². The van der Waals surface area contributed by atoms with E-state index in [2.05, 4.69) is 264 Å². The fourth-order valence-electron chi connectivity index (χ4n) is 11.6. The minimum absolute atomic E-state index is 1.17. The predicted molar refractivity (Wildman–Crippen MR) is 276 cm³/mol. The van der Waals surface area contributed by atoms with Gasteiger partial charge in [0.25, 0.3) is 0 Å². The molecule has 0 radical (unpaired) electrons. The van der Waals surface area contributed by atoms with Gasteiger partial charge in [-0.2, -0.15) is 0 Å². The summed E-state index contributed by atoms with van der Waals surface area (Å²) < 4.78 is 5.03. The van der Waals surface area contributed by atoms with Crippen LogP contribution in [0.3, 0.4) is 0 Å². The van der Waals surface area contributed by atoms with Crippen LogP contribution in [-0.2, 0) is 0 Å². The Morgan fingerprint density at radius 1 is 0.297 bits per heavy atom. The standard InChI is InChI=1S/C60H42N2Si2/c1-5-21-44(22-6-1)63(45-23-7-2-8-24-45,46-25-9-3-10-26-46)48-29-19-30-49(42-48)64(47-27-11-4-12-28-47)58-37-18-17-36-57(58)62-56-40-39-43(41-53(56)52-33-20-38-59(64)60(52)62)61-54-34-15-13-31-50(54)51-32-14-16-35-55(51)61/h1-42H. The highest BCUT2D eigenvalue weighted by molar-refractivity contribution is 7.23. The van der Waals surface area contributed by atoms with Gasteiger partial charge in [0, 0.05) is 32.9 Å². The number of nitrogens with zero attached hydrogens (tertiary/aromatic N) is 2. The molecule has 0 saturated carbocycles. The molecule has 1 aliphatic rings. The maximum Gasteiger partial charge on any atom is 0.184 e. The minimum atomic E-state index is -3.03. The second-order valence-electron chi connectivity index (χ2n) is 17.2. The molecule has 10 aromatic carbocycles. The van der Waals surface area contributed by atoms with Crippen LogP contribution < -0.4 is 41.5 Å². The van der Waals surface area contributed by atoms with E-state index in [1.807, 2.05) is 0 Å². The third-order valence-electron chi connectivity index (χ3n) is 14.1. The third-order valence-corrected chi connectivity index (χ3v) is 23.7. The van der Waals surface area contributed by atoms with Crippen molar-refractivity contribution in [1.82, 2.24) is 9.13 Å². The third kappa shape index (κ3) is 5.06. The maximum atomic E-state index is 2.65. The van der Waals surface area contributed by atoms with E-state index >= 15 is 0 Å². The molecule has 300 valence electrons. The van der Waals surface area contributed by atoms with Crippen molar-refractivity contribution in [3.05, 3.63) is 255 Å². The SMILES string of the molecule is c1ccc([Si](c2ccccc2)(c2ccccc2)c2cccc([Si]3(c4ccccc4)c4ccccc4-n4c5ccc(-n6c7ccccc7c7ccccc76)cc5c5cccc3c54)c2)cc1. The van der Waals surface area contributed by atoms with Crippen molar-refractivity contribution in [2.45, 2.75) is 0 Å². The Bertz CT molecular complexity index is 3580. The lowest BCUT2D eigenvalue weighted by molar-refractivity contribution is 1.17. The molecule has 2 aromatic heterocycles. The molecule has 13 rings (SSSR count). The van der Waals surface area contributed by atoms with E-state index in [-0.39, 0.29) is 0 Å². The second kappa shape index (κ2) is 14.4. The van der Waals surface area contributed by atoms with Crippen LogP contribution in [0.4, 0.5) is 0 Å². The van der Waals surface area contributed by atoms with Crippen molar-refractivity contribution in [2.75, 3.05) is 0 Å². The number of hydrogen-bond donors (Lipinski definition) is 0. The normalized spacial score (nSPS) is 14.6. The fourth-order valence-corrected chi connectivity index (χ4v) is 21.7. The van der Waals surface area contributed by atoms with E-state index in [1.54, 1.807) is 0 Å². The van der Waals surface area contributed by atoms with E-state index in [0.717, 1.165) is 0 Å². The molecule has 0 amide bonds. The van der Waals surface area contributed by atoms with E-state index < -0.39 is 16.1 Å². The van der Waals surface area contributed by atoms with Gasteiger partial charge in [0.2, 0.25) is 0 Å². The van der Waals surface area contributed by atoms with Gasteiger partial charge in [-0.05, 0) is 77.9 Å². The first-order chi connectivity index (χ1) is 31.8. The highest BCUT2D eigenvalue weighted by atomic mass is 28.3. The van der Waals surface area contributed by atoms with Crippen molar-refractivity contribution < 1.29 is 0 Å². The molecule has 0 fully saturated rings. The van der Waals surface area contributed by atoms with Crippen molar-refractivity contribution in [3.8, 4) is 11.4 Å². The lowest BCUT2D eigenvalue weighted by Gasteiger charge is -2.41. The zero-order valence-corrected chi connectivity index (χ0v) is 37.1. The number of fused-ring (bicyclic) bond motifs is 8. The summed E-state index contributed by atoms with van der Waals surface area (Å²) in [6.45, 7) is 0. The molecule has 2 nitrogen and oxygen atoms in total. The number of hydrogen-bond acceptors (Lipinski definition) is 0. The smallest absolute Gasteiger partial charge is 0.184 e. The molecule has 0 N–H and O–H groups in total. The number of aromatic nitrogens is 2. The van der Waals surface area contributed by atoms with E-state index in [4.69, 9.17) is 0 Å². The first-order valence-electron chi connectivity index (χ1n) is 22.3. The van der Waals surface area contributed by atoms with Crippen LogP contribution in [0.1, 0.15) is 0 Å². The van der Waals surface area contributed by atoms with Crippen LogP contribution in [0.25, 0.3) is 55.0 Å². The summed E-state index contributed by atoms with van der Waals surface area (Å²) in [4.78, 5) is 0. The van der Waals surface area contributed by atoms with Gasteiger partial charge in [-0.15, -0.1) is 0 Å². The Kier molecular flexibility index (Phi) is 8.29. The quantitative estimate of drug-likeness (QED) is 0.112. The average Bonchev–Trinajstić information content (AvgIpc) is 3.89. The predicted octanol–water partition coefficient (Wildman–Crippen LogP) is 8.95. The Morgan fingerprint density at radius 2 is 0.766 bits per heavy atom. The molecule has 3 heterocycles. The first-order valence-corrected chi connectivity index (χ1v) is 26.3. The highest BCUT2D eigenvalue weighted by Crippen LogP contribution is 2.38. The van der Waals surface area contributed by atoms with Gasteiger partial charge in [-0.25, -0.2) is 0 Å². The minimum Gasteiger partial charge on any atom is -0.309 e. The van der Waals surface area contributed by atoms with E-state index in [9.17, 15) is 0 Å². The van der Waals surface area contributed by atoms with Crippen molar-refractivity contribution in [3.63, 3.8) is 0 Å². The van der Waals surface area contributed by atoms with Crippen LogP contribution in [0.5, 0.6) is 0 Å². The molecule has 0 saturated heterocycles. The molecule has 0 spiro atoms. The average molecular weight is 847 g/mol. The number of benzene rings is 10. The highest BCUT2D eigenvalue weighted by Gasteiger charge is 2.49.